The molecule has 0 heterocycles. The fourth-order valence-corrected chi connectivity index (χ4v) is 3.16. The molecule has 0 heteroatoms. The molecular formula is C22H44. The van der Waals surface area contributed by atoms with E-state index in [2.05, 4.69) is 6.92 Å². The van der Waals surface area contributed by atoms with Crippen molar-refractivity contribution in [1.82, 2.24) is 0 Å². The lowest BCUT2D eigenvalue weighted by Crippen LogP contribution is -1.84. The van der Waals surface area contributed by atoms with Crippen molar-refractivity contribution >= 4 is 0 Å². The number of allylic oxidation sites excluding steroid dienone is 1. The van der Waals surface area contributed by atoms with Crippen molar-refractivity contribution < 1.29 is 1.37 Å². The smallest absolute Gasteiger partial charge is 0.0534 e. The molecule has 0 fully saturated rings. The Morgan fingerprint density at radius 3 is 1.18 bits per heavy atom. The zero-order valence-corrected chi connectivity index (χ0v) is 15.6. The summed E-state index contributed by atoms with van der Waals surface area (Å²) in [5.74, 6) is 0. The summed E-state index contributed by atoms with van der Waals surface area (Å²) in [7, 11) is 0. The van der Waals surface area contributed by atoms with Gasteiger partial charge >= 0.3 is 0 Å². The molecule has 0 spiro atoms. The molecule has 0 radical (unpaired) electrons. The molecule has 0 bridgehead atoms. The summed E-state index contributed by atoms with van der Waals surface area (Å²) >= 11 is 0. The lowest BCUT2D eigenvalue weighted by Gasteiger charge is -2.03. The highest BCUT2D eigenvalue weighted by Gasteiger charge is 1.94. The molecule has 0 nitrogen and oxygen atoms in total. The summed E-state index contributed by atoms with van der Waals surface area (Å²) < 4.78 is 6.93. The second kappa shape index (κ2) is 20.7. The average molecular weight is 310 g/mol. The van der Waals surface area contributed by atoms with Gasteiger partial charge in [-0.05, 0) is 12.8 Å². The van der Waals surface area contributed by atoms with Gasteiger partial charge < -0.3 is 0 Å². The Balaban J connectivity index is 2.95. The van der Waals surface area contributed by atoms with Gasteiger partial charge in [-0.25, -0.2) is 0 Å². The summed E-state index contributed by atoms with van der Waals surface area (Å²) in [6.45, 7) is 3.72. The number of hydrogen-bond donors (Lipinski definition) is 0. The minimum absolute atomic E-state index is 1.10. The molecule has 0 aromatic carbocycles. The van der Waals surface area contributed by atoms with Crippen LogP contribution in [0, 0.1) is 0 Å². The maximum Gasteiger partial charge on any atom is 0.0534 e. The van der Waals surface area contributed by atoms with E-state index in [-0.39, 0.29) is 0 Å². The van der Waals surface area contributed by atoms with Gasteiger partial charge in [0.05, 0.1) is 1.37 Å². The van der Waals surface area contributed by atoms with Crippen LogP contribution in [-0.2, 0) is 0 Å². The van der Waals surface area contributed by atoms with E-state index in [9.17, 15) is 0 Å². The van der Waals surface area contributed by atoms with Crippen LogP contribution in [0.15, 0.2) is 12.6 Å². The van der Waals surface area contributed by atoms with Crippen molar-refractivity contribution in [2.75, 3.05) is 0 Å². The Morgan fingerprint density at radius 2 is 0.864 bits per heavy atom. The van der Waals surface area contributed by atoms with Crippen LogP contribution in [-0.4, -0.2) is 0 Å². The van der Waals surface area contributed by atoms with Crippen LogP contribution in [0.2, 0.25) is 0 Å². The van der Waals surface area contributed by atoms with Gasteiger partial charge in [0.25, 0.3) is 0 Å². The lowest BCUT2D eigenvalue weighted by atomic mass is 10.0. The third-order valence-corrected chi connectivity index (χ3v) is 4.72. The second-order valence-corrected chi connectivity index (χ2v) is 7.03. The van der Waals surface area contributed by atoms with Gasteiger partial charge in [0.1, 0.15) is 0 Å². The van der Waals surface area contributed by atoms with Crippen molar-refractivity contribution in [2.24, 2.45) is 0 Å². The third kappa shape index (κ3) is 19.7. The van der Waals surface area contributed by atoms with E-state index in [1.54, 1.807) is 0 Å². The zero-order valence-electron chi connectivity index (χ0n) is 16.6. The van der Waals surface area contributed by atoms with Crippen molar-refractivity contribution in [3.63, 3.8) is 0 Å². The fraction of sp³-hybridized carbons (Fsp3) is 0.909. The summed E-state index contributed by atoms with van der Waals surface area (Å²) in [4.78, 5) is 0. The SMILES string of the molecule is [2H]/C=C/CCCCCCCCCCCCCCCCCCCC. The summed E-state index contributed by atoms with van der Waals surface area (Å²) in [5, 5.41) is 0. The summed E-state index contributed by atoms with van der Waals surface area (Å²) in [6, 6.07) is 0. The molecule has 0 aliphatic rings. The highest BCUT2D eigenvalue weighted by atomic mass is 14.0. The Morgan fingerprint density at radius 1 is 0.545 bits per heavy atom. The molecule has 0 aliphatic carbocycles. The normalized spacial score (nSPS) is 12.1. The quantitative estimate of drug-likeness (QED) is 0.165. The lowest BCUT2D eigenvalue weighted by molar-refractivity contribution is 0.525. The van der Waals surface area contributed by atoms with Crippen LogP contribution in [0.1, 0.15) is 130 Å². The molecule has 0 aliphatic heterocycles. The van der Waals surface area contributed by atoms with E-state index in [0.717, 1.165) is 6.42 Å². The average Bonchev–Trinajstić information content (AvgIpc) is 2.57. The Hall–Kier alpha value is -0.260. The van der Waals surface area contributed by atoms with Gasteiger partial charge in [-0.1, -0.05) is 122 Å². The Bertz CT molecular complexity index is 222. The van der Waals surface area contributed by atoms with Crippen molar-refractivity contribution in [2.45, 2.75) is 129 Å². The number of unbranched alkanes of at least 4 members (excludes halogenated alkanes) is 18. The van der Waals surface area contributed by atoms with Gasteiger partial charge in [-0.15, -0.1) is 6.55 Å². The number of rotatable bonds is 19. The molecule has 0 unspecified atom stereocenters. The Kier molecular flexibility index (Phi) is 18.7. The monoisotopic (exact) mass is 309 g/mol. The van der Waals surface area contributed by atoms with E-state index in [0.29, 0.717) is 0 Å². The van der Waals surface area contributed by atoms with E-state index in [1.165, 1.54) is 122 Å². The van der Waals surface area contributed by atoms with Gasteiger partial charge in [-0.3, -0.25) is 0 Å². The van der Waals surface area contributed by atoms with Crippen LogP contribution < -0.4 is 0 Å². The first-order chi connectivity index (χ1) is 11.4. The topological polar surface area (TPSA) is 0 Å². The van der Waals surface area contributed by atoms with Crippen molar-refractivity contribution in [1.29, 1.82) is 0 Å². The van der Waals surface area contributed by atoms with Crippen LogP contribution in [0.5, 0.6) is 0 Å². The predicted molar refractivity (Wildman–Crippen MR) is 104 cm³/mol. The van der Waals surface area contributed by atoms with Crippen LogP contribution in [0.4, 0.5) is 0 Å². The van der Waals surface area contributed by atoms with Gasteiger partial charge in [0.15, 0.2) is 0 Å². The van der Waals surface area contributed by atoms with E-state index < -0.39 is 0 Å². The van der Waals surface area contributed by atoms with E-state index >= 15 is 0 Å². The largest absolute Gasteiger partial charge is 0.103 e. The molecule has 22 heavy (non-hydrogen) atoms. The molecule has 0 amide bonds. The van der Waals surface area contributed by atoms with E-state index in [1.807, 2.05) is 6.08 Å². The minimum Gasteiger partial charge on any atom is -0.103 e. The van der Waals surface area contributed by atoms with Crippen molar-refractivity contribution in [3.8, 4) is 0 Å². The Labute approximate surface area is 143 Å². The molecule has 0 saturated heterocycles. The standard InChI is InChI=1S/C22H44/c1-3-5-7-9-11-13-15-17-19-21-22-20-18-16-14-12-10-8-6-4-2/h3H,1,4-22H2,2H3/i1D/b3-1+. The van der Waals surface area contributed by atoms with Crippen LogP contribution in [0.3, 0.4) is 0 Å². The second-order valence-electron chi connectivity index (χ2n) is 7.03. The highest BCUT2D eigenvalue weighted by molar-refractivity contribution is 4.65. The summed E-state index contributed by atoms with van der Waals surface area (Å²) in [5.41, 5.74) is 0. The molecule has 0 aromatic rings. The first-order valence-corrected chi connectivity index (χ1v) is 10.4. The van der Waals surface area contributed by atoms with E-state index in [4.69, 9.17) is 1.37 Å². The predicted octanol–water partition coefficient (Wildman–Crippen LogP) is 8.60. The maximum atomic E-state index is 6.93. The zero-order chi connectivity index (χ0) is 16.8. The maximum absolute atomic E-state index is 6.93. The molecule has 0 aromatic heterocycles. The molecule has 132 valence electrons. The molecular weight excluding hydrogens is 264 g/mol. The van der Waals surface area contributed by atoms with Gasteiger partial charge in [-0.2, -0.15) is 0 Å². The first kappa shape index (κ1) is 19.8. The van der Waals surface area contributed by atoms with Gasteiger partial charge in [0.2, 0.25) is 0 Å². The minimum atomic E-state index is 1.10. The molecule has 0 rings (SSSR count). The molecule has 0 saturated carbocycles. The number of hydrogen-bond acceptors (Lipinski definition) is 0. The van der Waals surface area contributed by atoms with Crippen LogP contribution in [0.25, 0.3) is 0 Å². The van der Waals surface area contributed by atoms with Crippen LogP contribution >= 0.6 is 0 Å². The molecule has 0 N–H and O–H groups in total. The first-order valence-electron chi connectivity index (χ1n) is 11.0. The summed E-state index contributed by atoms with van der Waals surface area (Å²) in [6.07, 6.45) is 28.9. The van der Waals surface area contributed by atoms with Crippen molar-refractivity contribution in [3.05, 3.63) is 12.6 Å². The molecule has 0 atom stereocenters. The third-order valence-electron chi connectivity index (χ3n) is 4.72. The fourth-order valence-electron chi connectivity index (χ4n) is 3.16. The highest BCUT2D eigenvalue weighted by Crippen LogP contribution is 2.14. The van der Waals surface area contributed by atoms with Gasteiger partial charge in [0, 0.05) is 0 Å².